The van der Waals surface area contributed by atoms with Gasteiger partial charge in [0, 0.05) is 0 Å². The standard InChI is InChI=1S/C17H15NO.C15H14.C3H3ClO/c1-2-17(19)18-15-9-5-3-7-13(15)11-12-14-8-4-6-10-16(14)18;1-3-7-14-11-15-8-4-2-6-13(15)10-9-12(14)5-1;1-2-3(4)5/h2-10H,1,11-12H2;1-8H,9-11H2;2H,1H2. The summed E-state index contributed by atoms with van der Waals surface area (Å²) < 4.78 is 0. The monoisotopic (exact) mass is 533 g/mol. The second-order valence-electron chi connectivity index (χ2n) is 9.36. The van der Waals surface area contributed by atoms with Crippen molar-refractivity contribution in [1.82, 2.24) is 0 Å². The minimum absolute atomic E-state index is 0.0817. The zero-order chi connectivity index (χ0) is 27.6. The van der Waals surface area contributed by atoms with E-state index in [1.165, 1.54) is 52.3 Å². The molecule has 0 bridgehead atoms. The zero-order valence-electron chi connectivity index (χ0n) is 22.0. The summed E-state index contributed by atoms with van der Waals surface area (Å²) in [5, 5.41) is -0.509. The number of hydrogen-bond acceptors (Lipinski definition) is 2. The van der Waals surface area contributed by atoms with Gasteiger partial charge < -0.3 is 0 Å². The lowest BCUT2D eigenvalue weighted by atomic mass is 10.0. The number of carbonyl (C=O) groups is 2. The Morgan fingerprint density at radius 3 is 1.28 bits per heavy atom. The highest BCUT2D eigenvalue weighted by atomic mass is 35.5. The molecule has 1 aliphatic carbocycles. The molecule has 0 spiro atoms. The van der Waals surface area contributed by atoms with Gasteiger partial charge in [0.2, 0.25) is 5.24 Å². The first-order valence-corrected chi connectivity index (χ1v) is 13.5. The van der Waals surface area contributed by atoms with Gasteiger partial charge in [0.15, 0.2) is 0 Å². The van der Waals surface area contributed by atoms with Gasteiger partial charge in [-0.3, -0.25) is 14.5 Å². The van der Waals surface area contributed by atoms with Crippen molar-refractivity contribution >= 4 is 34.1 Å². The van der Waals surface area contributed by atoms with Crippen LogP contribution in [0.5, 0.6) is 0 Å². The lowest BCUT2D eigenvalue weighted by Gasteiger charge is -2.23. The van der Waals surface area contributed by atoms with Crippen LogP contribution >= 0.6 is 11.6 Å². The van der Waals surface area contributed by atoms with Crippen LogP contribution in [-0.2, 0) is 41.7 Å². The van der Waals surface area contributed by atoms with Crippen LogP contribution in [0.1, 0.15) is 33.4 Å². The van der Waals surface area contributed by atoms with Gasteiger partial charge in [-0.1, -0.05) is 98.1 Å². The largest absolute Gasteiger partial charge is 0.277 e. The number of para-hydroxylation sites is 2. The van der Waals surface area contributed by atoms with Crippen molar-refractivity contribution in [3.63, 3.8) is 0 Å². The predicted octanol–water partition coefficient (Wildman–Crippen LogP) is 7.95. The molecule has 4 aromatic carbocycles. The summed E-state index contributed by atoms with van der Waals surface area (Å²) in [7, 11) is 0. The van der Waals surface area contributed by atoms with E-state index in [-0.39, 0.29) is 5.91 Å². The minimum atomic E-state index is -0.509. The van der Waals surface area contributed by atoms with Crippen LogP contribution < -0.4 is 4.90 Å². The summed E-state index contributed by atoms with van der Waals surface area (Å²) in [6, 6.07) is 33.8. The molecular weight excluding hydrogens is 502 g/mol. The average molecular weight is 534 g/mol. The second kappa shape index (κ2) is 13.5. The number of allylic oxidation sites excluding steroid dienone is 1. The third-order valence-corrected chi connectivity index (χ3v) is 7.12. The number of aryl methyl sites for hydroxylation is 4. The molecule has 0 saturated heterocycles. The molecule has 1 amide bonds. The van der Waals surface area contributed by atoms with Crippen molar-refractivity contribution in [1.29, 1.82) is 0 Å². The fourth-order valence-corrected chi connectivity index (χ4v) is 5.03. The minimum Gasteiger partial charge on any atom is -0.277 e. The highest BCUT2D eigenvalue weighted by Crippen LogP contribution is 2.36. The lowest BCUT2D eigenvalue weighted by molar-refractivity contribution is -0.113. The topological polar surface area (TPSA) is 37.4 Å². The molecule has 0 radical (unpaired) electrons. The Hall–Kier alpha value is -4.21. The highest BCUT2D eigenvalue weighted by Gasteiger charge is 2.23. The molecule has 0 unspecified atom stereocenters. The maximum Gasteiger partial charge on any atom is 0.254 e. The van der Waals surface area contributed by atoms with E-state index in [4.69, 9.17) is 11.6 Å². The Labute approximate surface area is 236 Å². The van der Waals surface area contributed by atoms with E-state index in [0.717, 1.165) is 36.7 Å². The summed E-state index contributed by atoms with van der Waals surface area (Å²) in [6.07, 6.45) is 7.80. The molecule has 2 aliphatic rings. The van der Waals surface area contributed by atoms with Crippen molar-refractivity contribution in [2.75, 3.05) is 4.90 Å². The molecule has 0 fully saturated rings. The number of anilines is 2. The van der Waals surface area contributed by atoms with Gasteiger partial charge in [0.05, 0.1) is 11.4 Å². The number of fused-ring (bicyclic) bond motifs is 4. The van der Waals surface area contributed by atoms with Crippen molar-refractivity contribution in [2.24, 2.45) is 0 Å². The van der Waals surface area contributed by atoms with Gasteiger partial charge in [0.1, 0.15) is 0 Å². The van der Waals surface area contributed by atoms with Gasteiger partial charge in [-0.2, -0.15) is 0 Å². The first kappa shape index (κ1) is 27.8. The van der Waals surface area contributed by atoms with Crippen molar-refractivity contribution in [2.45, 2.75) is 32.1 Å². The molecule has 39 heavy (non-hydrogen) atoms. The number of nitrogens with zero attached hydrogens (tertiary/aromatic N) is 1. The SMILES string of the molecule is C=CC(=O)Cl.C=CC(=O)N1c2ccccc2CCc2ccccc21.c1ccc2c(c1)CCc1ccccc1C2. The number of carbonyl (C=O) groups excluding carboxylic acids is 2. The Kier molecular flexibility index (Phi) is 9.66. The summed E-state index contributed by atoms with van der Waals surface area (Å²) in [5.41, 5.74) is 10.4. The maximum atomic E-state index is 12.3. The van der Waals surface area contributed by atoms with Gasteiger partial charge in [-0.25, -0.2) is 0 Å². The summed E-state index contributed by atoms with van der Waals surface area (Å²) in [5.74, 6) is -0.0817. The van der Waals surface area contributed by atoms with Crippen LogP contribution in [0.3, 0.4) is 0 Å². The Morgan fingerprint density at radius 1 is 0.564 bits per heavy atom. The smallest absolute Gasteiger partial charge is 0.254 e. The second-order valence-corrected chi connectivity index (χ2v) is 9.73. The fraction of sp³-hybridized carbons (Fsp3) is 0.143. The predicted molar refractivity (Wildman–Crippen MR) is 162 cm³/mol. The molecule has 1 heterocycles. The van der Waals surface area contributed by atoms with Crippen LogP contribution in [0.25, 0.3) is 0 Å². The van der Waals surface area contributed by atoms with Crippen molar-refractivity contribution in [3.8, 4) is 0 Å². The Morgan fingerprint density at radius 2 is 0.897 bits per heavy atom. The van der Waals surface area contributed by atoms with E-state index in [1.54, 1.807) is 4.90 Å². The quantitative estimate of drug-likeness (QED) is 0.194. The number of rotatable bonds is 2. The van der Waals surface area contributed by atoms with Gasteiger partial charge in [-0.15, -0.1) is 0 Å². The molecule has 4 aromatic rings. The maximum absolute atomic E-state index is 12.3. The molecule has 4 heteroatoms. The van der Waals surface area contributed by atoms with E-state index in [1.807, 2.05) is 36.4 Å². The Balaban J connectivity index is 0.000000158. The van der Waals surface area contributed by atoms with Gasteiger partial charge >= 0.3 is 0 Å². The van der Waals surface area contributed by atoms with Crippen LogP contribution in [0.15, 0.2) is 122 Å². The van der Waals surface area contributed by atoms with Crippen LogP contribution in [0.4, 0.5) is 11.4 Å². The molecule has 3 nitrogen and oxygen atoms in total. The molecule has 1 aliphatic heterocycles. The molecule has 6 rings (SSSR count). The van der Waals surface area contributed by atoms with Crippen LogP contribution in [0.2, 0.25) is 0 Å². The van der Waals surface area contributed by atoms with E-state index >= 15 is 0 Å². The molecule has 196 valence electrons. The van der Waals surface area contributed by atoms with Gasteiger partial charge in [0.25, 0.3) is 5.91 Å². The van der Waals surface area contributed by atoms with E-state index in [2.05, 4.69) is 73.8 Å². The van der Waals surface area contributed by atoms with Crippen molar-refractivity contribution in [3.05, 3.63) is 156 Å². The fourth-order valence-electron chi connectivity index (χ4n) is 5.03. The Bertz CT molecular complexity index is 1400. The van der Waals surface area contributed by atoms with E-state index in [9.17, 15) is 9.59 Å². The molecule has 0 saturated carbocycles. The average Bonchev–Trinajstić information content (AvgIpc) is 3.27. The van der Waals surface area contributed by atoms with Gasteiger partial charge in [-0.05, 0) is 101 Å². The van der Waals surface area contributed by atoms with Crippen molar-refractivity contribution < 1.29 is 9.59 Å². The third-order valence-electron chi connectivity index (χ3n) is 6.97. The number of halogens is 1. The number of amides is 1. The number of hydrogen-bond donors (Lipinski definition) is 0. The molecule has 0 atom stereocenters. The first-order chi connectivity index (χ1) is 19.0. The molecule has 0 aromatic heterocycles. The normalized spacial score (nSPS) is 12.6. The molecule has 0 N–H and O–H groups in total. The summed E-state index contributed by atoms with van der Waals surface area (Å²) in [4.78, 5) is 23.5. The lowest BCUT2D eigenvalue weighted by Crippen LogP contribution is -2.24. The molecular formula is C35H32ClNO2. The van der Waals surface area contributed by atoms with Crippen LogP contribution in [-0.4, -0.2) is 11.1 Å². The van der Waals surface area contributed by atoms with Crippen LogP contribution in [0, 0.1) is 0 Å². The third kappa shape index (κ3) is 7.01. The highest BCUT2D eigenvalue weighted by molar-refractivity contribution is 6.66. The summed E-state index contributed by atoms with van der Waals surface area (Å²) >= 11 is 4.71. The summed E-state index contributed by atoms with van der Waals surface area (Å²) in [6.45, 7) is 6.70. The van der Waals surface area contributed by atoms with E-state index < -0.39 is 5.24 Å². The first-order valence-electron chi connectivity index (χ1n) is 13.1. The van der Waals surface area contributed by atoms with E-state index in [0.29, 0.717) is 0 Å². The zero-order valence-corrected chi connectivity index (χ0v) is 22.7. The number of benzene rings is 4.